The first kappa shape index (κ1) is 8.73. The van der Waals surface area contributed by atoms with Gasteiger partial charge in [-0.2, -0.15) is 0 Å². The summed E-state index contributed by atoms with van der Waals surface area (Å²) in [5, 5.41) is 11.1. The third-order valence-corrected chi connectivity index (χ3v) is 2.48. The van der Waals surface area contributed by atoms with Gasteiger partial charge in [0.1, 0.15) is 6.10 Å². The zero-order valence-corrected chi connectivity index (χ0v) is 7.65. The zero-order valence-electron chi connectivity index (χ0n) is 7.65. The molecule has 1 radical (unpaired) electrons. The summed E-state index contributed by atoms with van der Waals surface area (Å²) in [6, 6.07) is 10.3. The van der Waals surface area contributed by atoms with Gasteiger partial charge in [0.15, 0.2) is 0 Å². The molecule has 0 N–H and O–H groups in total. The van der Waals surface area contributed by atoms with Crippen molar-refractivity contribution >= 4 is 0 Å². The van der Waals surface area contributed by atoms with Crippen molar-refractivity contribution in [1.29, 1.82) is 0 Å². The second-order valence-electron chi connectivity index (χ2n) is 3.63. The molecule has 0 amide bonds. The molecule has 1 aliphatic rings. The molecule has 0 bridgehead atoms. The van der Waals surface area contributed by atoms with E-state index >= 15 is 0 Å². The molecule has 1 unspecified atom stereocenters. The van der Waals surface area contributed by atoms with Crippen LogP contribution in [0.1, 0.15) is 12.0 Å². The monoisotopic (exact) mass is 176 g/mol. The largest absolute Gasteiger partial charge is 0.296 e. The Morgan fingerprint density at radius 3 is 2.69 bits per heavy atom. The molecule has 2 nitrogen and oxygen atoms in total. The highest BCUT2D eigenvalue weighted by Crippen LogP contribution is 2.13. The van der Waals surface area contributed by atoms with Gasteiger partial charge in [0.25, 0.3) is 0 Å². The van der Waals surface area contributed by atoms with Crippen LogP contribution in [0.3, 0.4) is 0 Å². The van der Waals surface area contributed by atoms with Crippen molar-refractivity contribution in [2.24, 2.45) is 0 Å². The first-order valence-corrected chi connectivity index (χ1v) is 4.77. The maximum atomic E-state index is 11.1. The molecule has 2 rings (SSSR count). The summed E-state index contributed by atoms with van der Waals surface area (Å²) in [6.45, 7) is 2.61. The molecule has 1 aromatic rings. The van der Waals surface area contributed by atoms with Gasteiger partial charge in [-0.05, 0) is 12.0 Å². The number of likely N-dealkylation sites (tertiary alicyclic amines) is 1. The van der Waals surface area contributed by atoms with E-state index in [0.717, 1.165) is 26.1 Å². The zero-order chi connectivity index (χ0) is 9.10. The van der Waals surface area contributed by atoms with Crippen molar-refractivity contribution in [2.45, 2.75) is 19.1 Å². The summed E-state index contributed by atoms with van der Waals surface area (Å²) in [5.41, 5.74) is 1.30. The van der Waals surface area contributed by atoms with Gasteiger partial charge in [-0.3, -0.25) is 4.90 Å². The minimum absolute atomic E-state index is 0.358. The van der Waals surface area contributed by atoms with E-state index in [1.807, 2.05) is 18.2 Å². The lowest BCUT2D eigenvalue weighted by atomic mass is 10.2. The van der Waals surface area contributed by atoms with Crippen LogP contribution in [-0.4, -0.2) is 24.1 Å². The van der Waals surface area contributed by atoms with Crippen LogP contribution in [0.4, 0.5) is 0 Å². The normalized spacial score (nSPS) is 23.6. The molecule has 13 heavy (non-hydrogen) atoms. The maximum Gasteiger partial charge on any atom is 0.107 e. The lowest BCUT2D eigenvalue weighted by Crippen LogP contribution is -2.20. The Bertz CT molecular complexity index is 260. The smallest absolute Gasteiger partial charge is 0.107 e. The maximum absolute atomic E-state index is 11.1. The molecule has 1 aliphatic heterocycles. The predicted molar refractivity (Wildman–Crippen MR) is 50.8 cm³/mol. The summed E-state index contributed by atoms with van der Waals surface area (Å²) in [5.74, 6) is 0. The van der Waals surface area contributed by atoms with Crippen LogP contribution in [0.25, 0.3) is 0 Å². The highest BCUT2D eigenvalue weighted by Gasteiger charge is 2.20. The highest BCUT2D eigenvalue weighted by atomic mass is 16.3. The van der Waals surface area contributed by atoms with Gasteiger partial charge in [0.2, 0.25) is 0 Å². The molecule has 1 atom stereocenters. The van der Waals surface area contributed by atoms with E-state index in [-0.39, 0.29) is 6.10 Å². The molecule has 0 aromatic heterocycles. The van der Waals surface area contributed by atoms with E-state index in [9.17, 15) is 5.11 Å². The Hall–Kier alpha value is -0.860. The summed E-state index contributed by atoms with van der Waals surface area (Å²) in [6.07, 6.45) is 0.455. The summed E-state index contributed by atoms with van der Waals surface area (Å²) in [7, 11) is 0. The predicted octanol–water partition coefficient (Wildman–Crippen LogP) is 1.69. The molecule has 1 heterocycles. The van der Waals surface area contributed by atoms with Gasteiger partial charge in [-0.1, -0.05) is 30.3 Å². The first-order chi connectivity index (χ1) is 6.34. The van der Waals surface area contributed by atoms with Crippen LogP contribution in [0.15, 0.2) is 30.3 Å². The Morgan fingerprint density at radius 2 is 2.08 bits per heavy atom. The van der Waals surface area contributed by atoms with Crippen LogP contribution in [0, 0.1) is 0 Å². The van der Waals surface area contributed by atoms with E-state index in [1.165, 1.54) is 5.56 Å². The van der Waals surface area contributed by atoms with Crippen LogP contribution >= 0.6 is 0 Å². The fraction of sp³-hybridized carbons (Fsp3) is 0.455. The van der Waals surface area contributed by atoms with Crippen molar-refractivity contribution in [2.75, 3.05) is 13.1 Å². The van der Waals surface area contributed by atoms with Gasteiger partial charge >= 0.3 is 0 Å². The molecule has 1 saturated heterocycles. The van der Waals surface area contributed by atoms with Crippen molar-refractivity contribution in [3.63, 3.8) is 0 Å². The van der Waals surface area contributed by atoms with Gasteiger partial charge in [-0.15, -0.1) is 0 Å². The van der Waals surface area contributed by atoms with Crippen molar-refractivity contribution in [3.05, 3.63) is 35.9 Å². The minimum atomic E-state index is -0.358. The van der Waals surface area contributed by atoms with E-state index in [1.54, 1.807) is 0 Å². The van der Waals surface area contributed by atoms with Crippen molar-refractivity contribution in [3.8, 4) is 0 Å². The topological polar surface area (TPSA) is 23.1 Å². The van der Waals surface area contributed by atoms with Crippen molar-refractivity contribution < 1.29 is 5.11 Å². The second kappa shape index (κ2) is 3.90. The third kappa shape index (κ3) is 2.29. The molecule has 1 aromatic carbocycles. The summed E-state index contributed by atoms with van der Waals surface area (Å²) in [4.78, 5) is 2.23. The lowest BCUT2D eigenvalue weighted by molar-refractivity contribution is 0.0942. The lowest BCUT2D eigenvalue weighted by Gasteiger charge is -2.13. The SMILES string of the molecule is [O]C1CCN(Cc2ccccc2)C1. The van der Waals surface area contributed by atoms with E-state index in [4.69, 9.17) is 0 Å². The van der Waals surface area contributed by atoms with E-state index in [2.05, 4.69) is 17.0 Å². The Labute approximate surface area is 78.8 Å². The fourth-order valence-corrected chi connectivity index (χ4v) is 1.78. The average Bonchev–Trinajstić information content (AvgIpc) is 2.53. The second-order valence-corrected chi connectivity index (χ2v) is 3.63. The quantitative estimate of drug-likeness (QED) is 0.672. The highest BCUT2D eigenvalue weighted by molar-refractivity contribution is 5.14. The average molecular weight is 176 g/mol. The molecule has 0 spiro atoms. The van der Waals surface area contributed by atoms with Gasteiger partial charge in [0.05, 0.1) is 0 Å². The standard InChI is InChI=1S/C11H14NO/c13-11-6-7-12(9-11)8-10-4-2-1-3-5-10/h1-5,11H,6-9H2. The van der Waals surface area contributed by atoms with Crippen molar-refractivity contribution in [1.82, 2.24) is 4.90 Å². The van der Waals surface area contributed by atoms with Crippen LogP contribution in [0.5, 0.6) is 0 Å². The van der Waals surface area contributed by atoms with Gasteiger partial charge in [0, 0.05) is 19.6 Å². The van der Waals surface area contributed by atoms with Crippen LogP contribution < -0.4 is 0 Å². The summed E-state index contributed by atoms with van der Waals surface area (Å²) >= 11 is 0. The fourth-order valence-electron chi connectivity index (χ4n) is 1.78. The third-order valence-electron chi connectivity index (χ3n) is 2.48. The molecule has 1 fully saturated rings. The molecule has 2 heteroatoms. The molecular weight excluding hydrogens is 162 g/mol. The Kier molecular flexibility index (Phi) is 2.62. The summed E-state index contributed by atoms with van der Waals surface area (Å²) < 4.78 is 0. The number of benzene rings is 1. The number of nitrogens with zero attached hydrogens (tertiary/aromatic N) is 1. The number of hydrogen-bond donors (Lipinski definition) is 0. The number of rotatable bonds is 2. The van der Waals surface area contributed by atoms with Crippen LogP contribution in [0.2, 0.25) is 0 Å². The Balaban J connectivity index is 1.92. The molecule has 0 saturated carbocycles. The Morgan fingerprint density at radius 1 is 1.31 bits per heavy atom. The van der Waals surface area contributed by atoms with E-state index in [0.29, 0.717) is 0 Å². The van der Waals surface area contributed by atoms with E-state index < -0.39 is 0 Å². The minimum Gasteiger partial charge on any atom is -0.296 e. The molecule has 69 valence electrons. The van der Waals surface area contributed by atoms with Gasteiger partial charge in [-0.25, -0.2) is 5.11 Å². The van der Waals surface area contributed by atoms with Gasteiger partial charge < -0.3 is 0 Å². The number of hydrogen-bond acceptors (Lipinski definition) is 1. The first-order valence-electron chi connectivity index (χ1n) is 4.77. The molecule has 0 aliphatic carbocycles. The van der Waals surface area contributed by atoms with Crippen LogP contribution in [-0.2, 0) is 11.7 Å². The molecular formula is C11H14NO.